The Labute approximate surface area is 69.9 Å². The molecule has 0 aliphatic heterocycles. The molecule has 3 nitrogen and oxygen atoms in total. The number of rotatable bonds is 1. The van der Waals surface area contributed by atoms with E-state index in [-0.39, 0.29) is 16.6 Å². The molecule has 60 valence electrons. The van der Waals surface area contributed by atoms with Crippen molar-refractivity contribution >= 4 is 28.8 Å². The van der Waals surface area contributed by atoms with Crippen molar-refractivity contribution in [2.75, 3.05) is 0 Å². The Morgan fingerprint density at radius 1 is 1.36 bits per heavy atom. The van der Waals surface area contributed by atoms with E-state index < -0.39 is 5.92 Å². The molecule has 0 unspecified atom stereocenters. The van der Waals surface area contributed by atoms with Crippen LogP contribution in [-0.4, -0.2) is 16.6 Å². The number of ketones is 2. The van der Waals surface area contributed by atoms with Gasteiger partial charge in [0.15, 0.2) is 0 Å². The van der Waals surface area contributed by atoms with Gasteiger partial charge in [0.25, 0.3) is 0 Å². The second-order valence-corrected chi connectivity index (χ2v) is 3.09. The standard InChI is InChI=1S/C7H9NO2S/c8-7(11)6-4(9)2-1-3-5(6)10/h6H,1-3H2,(H2,8,11). The highest BCUT2D eigenvalue weighted by molar-refractivity contribution is 7.80. The van der Waals surface area contributed by atoms with E-state index in [1.807, 2.05) is 0 Å². The zero-order chi connectivity index (χ0) is 8.43. The first-order valence-electron chi connectivity index (χ1n) is 3.47. The summed E-state index contributed by atoms with van der Waals surface area (Å²) in [5.41, 5.74) is 5.24. The monoisotopic (exact) mass is 171 g/mol. The van der Waals surface area contributed by atoms with Crippen LogP contribution < -0.4 is 5.73 Å². The van der Waals surface area contributed by atoms with Crippen LogP contribution in [0.1, 0.15) is 19.3 Å². The molecule has 0 spiro atoms. The van der Waals surface area contributed by atoms with E-state index in [4.69, 9.17) is 5.73 Å². The first-order chi connectivity index (χ1) is 5.13. The summed E-state index contributed by atoms with van der Waals surface area (Å²) < 4.78 is 0. The Hall–Kier alpha value is -0.770. The number of thiocarbonyl (C=S) groups is 1. The number of hydrogen-bond acceptors (Lipinski definition) is 3. The van der Waals surface area contributed by atoms with Gasteiger partial charge in [0.05, 0.1) is 4.99 Å². The van der Waals surface area contributed by atoms with E-state index >= 15 is 0 Å². The number of nitrogens with two attached hydrogens (primary N) is 1. The summed E-state index contributed by atoms with van der Waals surface area (Å²) in [6.45, 7) is 0. The van der Waals surface area contributed by atoms with Crippen molar-refractivity contribution in [1.82, 2.24) is 0 Å². The zero-order valence-electron chi connectivity index (χ0n) is 6.00. The summed E-state index contributed by atoms with van der Waals surface area (Å²) in [7, 11) is 0. The lowest BCUT2D eigenvalue weighted by atomic mass is 9.87. The van der Waals surface area contributed by atoms with Crippen LogP contribution in [0.4, 0.5) is 0 Å². The van der Waals surface area contributed by atoms with E-state index in [1.54, 1.807) is 0 Å². The second-order valence-electron chi connectivity index (χ2n) is 2.62. The van der Waals surface area contributed by atoms with Crippen LogP contribution in [0.2, 0.25) is 0 Å². The average Bonchev–Trinajstić information content (AvgIpc) is 1.85. The second kappa shape index (κ2) is 3.09. The number of hydrogen-bond donors (Lipinski definition) is 1. The Balaban J connectivity index is 2.79. The van der Waals surface area contributed by atoms with Crippen molar-refractivity contribution in [3.8, 4) is 0 Å². The van der Waals surface area contributed by atoms with Crippen LogP contribution in [0.25, 0.3) is 0 Å². The maximum Gasteiger partial charge on any atom is 0.150 e. The molecular weight excluding hydrogens is 162 g/mol. The SMILES string of the molecule is NC(=S)C1C(=O)CCCC1=O. The van der Waals surface area contributed by atoms with Crippen molar-refractivity contribution in [2.24, 2.45) is 11.7 Å². The number of Topliss-reactive ketones (excluding diaryl/α,β-unsaturated/α-hetero) is 2. The van der Waals surface area contributed by atoms with Crippen molar-refractivity contribution in [1.29, 1.82) is 0 Å². The molecule has 0 saturated heterocycles. The van der Waals surface area contributed by atoms with E-state index in [0.29, 0.717) is 19.3 Å². The Morgan fingerprint density at radius 3 is 2.09 bits per heavy atom. The van der Waals surface area contributed by atoms with Gasteiger partial charge in [0, 0.05) is 12.8 Å². The van der Waals surface area contributed by atoms with Gasteiger partial charge in [0.1, 0.15) is 17.5 Å². The highest BCUT2D eigenvalue weighted by atomic mass is 32.1. The molecule has 0 amide bonds. The fourth-order valence-corrected chi connectivity index (χ4v) is 1.49. The zero-order valence-corrected chi connectivity index (χ0v) is 6.82. The van der Waals surface area contributed by atoms with Gasteiger partial charge in [-0.1, -0.05) is 12.2 Å². The highest BCUT2D eigenvalue weighted by Gasteiger charge is 2.31. The topological polar surface area (TPSA) is 60.2 Å². The lowest BCUT2D eigenvalue weighted by Gasteiger charge is -2.17. The van der Waals surface area contributed by atoms with Gasteiger partial charge < -0.3 is 5.73 Å². The smallest absolute Gasteiger partial charge is 0.150 e. The summed E-state index contributed by atoms with van der Waals surface area (Å²) >= 11 is 4.61. The van der Waals surface area contributed by atoms with Gasteiger partial charge in [-0.2, -0.15) is 0 Å². The van der Waals surface area contributed by atoms with Gasteiger partial charge in [0.2, 0.25) is 0 Å². The fraction of sp³-hybridized carbons (Fsp3) is 0.571. The molecule has 2 N–H and O–H groups in total. The molecule has 1 saturated carbocycles. The molecular formula is C7H9NO2S. The lowest BCUT2D eigenvalue weighted by Crippen LogP contribution is -2.38. The molecule has 1 rings (SSSR count). The summed E-state index contributed by atoms with van der Waals surface area (Å²) in [6, 6.07) is 0. The first kappa shape index (κ1) is 8.33. The van der Waals surface area contributed by atoms with E-state index in [1.165, 1.54) is 0 Å². The minimum atomic E-state index is -0.779. The van der Waals surface area contributed by atoms with E-state index in [0.717, 1.165) is 0 Å². The Bertz CT molecular complexity index is 208. The van der Waals surface area contributed by atoms with Crippen molar-refractivity contribution in [3.05, 3.63) is 0 Å². The minimum absolute atomic E-state index is 0.0275. The molecule has 1 fully saturated rings. The summed E-state index contributed by atoms with van der Waals surface area (Å²) in [4.78, 5) is 22.1. The third kappa shape index (κ3) is 1.63. The Kier molecular flexibility index (Phi) is 2.34. The van der Waals surface area contributed by atoms with Gasteiger partial charge in [-0.25, -0.2) is 0 Å². The maximum absolute atomic E-state index is 11.1. The molecule has 0 aromatic heterocycles. The van der Waals surface area contributed by atoms with Crippen molar-refractivity contribution in [2.45, 2.75) is 19.3 Å². The van der Waals surface area contributed by atoms with Crippen molar-refractivity contribution in [3.63, 3.8) is 0 Å². The normalized spacial score (nSPS) is 20.4. The van der Waals surface area contributed by atoms with Crippen LogP contribution in [0.15, 0.2) is 0 Å². The predicted octanol–water partition coefficient (Wildman–Crippen LogP) is 0.211. The fourth-order valence-electron chi connectivity index (χ4n) is 1.22. The lowest BCUT2D eigenvalue weighted by molar-refractivity contribution is -0.132. The minimum Gasteiger partial charge on any atom is -0.392 e. The molecule has 4 heteroatoms. The molecule has 0 aromatic rings. The molecule has 0 aromatic carbocycles. The Morgan fingerprint density at radius 2 is 1.82 bits per heavy atom. The predicted molar refractivity (Wildman–Crippen MR) is 44.1 cm³/mol. The summed E-state index contributed by atoms with van der Waals surface area (Å²) in [6.07, 6.45) is 1.53. The van der Waals surface area contributed by atoms with Gasteiger partial charge in [-0.05, 0) is 6.42 Å². The molecule has 0 atom stereocenters. The molecule has 1 aliphatic rings. The van der Waals surface area contributed by atoms with E-state index in [9.17, 15) is 9.59 Å². The quantitative estimate of drug-likeness (QED) is 0.452. The summed E-state index contributed by atoms with van der Waals surface area (Å²) in [5.74, 6) is -1.01. The molecule has 0 bridgehead atoms. The van der Waals surface area contributed by atoms with Crippen molar-refractivity contribution < 1.29 is 9.59 Å². The number of carbonyl (C=O) groups is 2. The molecule has 1 aliphatic carbocycles. The maximum atomic E-state index is 11.1. The van der Waals surface area contributed by atoms with Crippen LogP contribution in [0.3, 0.4) is 0 Å². The van der Waals surface area contributed by atoms with Crippen LogP contribution >= 0.6 is 12.2 Å². The third-order valence-corrected chi connectivity index (χ3v) is 2.01. The largest absolute Gasteiger partial charge is 0.392 e. The summed E-state index contributed by atoms with van der Waals surface area (Å²) in [5, 5.41) is 0. The van der Waals surface area contributed by atoms with Crippen LogP contribution in [-0.2, 0) is 9.59 Å². The van der Waals surface area contributed by atoms with Crippen LogP contribution in [0, 0.1) is 5.92 Å². The van der Waals surface area contributed by atoms with Gasteiger partial charge in [-0.15, -0.1) is 0 Å². The highest BCUT2D eigenvalue weighted by Crippen LogP contribution is 2.17. The molecule has 0 radical (unpaired) electrons. The number of carbonyl (C=O) groups excluding carboxylic acids is 2. The van der Waals surface area contributed by atoms with E-state index in [2.05, 4.69) is 12.2 Å². The van der Waals surface area contributed by atoms with Gasteiger partial charge in [-0.3, -0.25) is 9.59 Å². The molecule has 0 heterocycles. The molecule has 11 heavy (non-hydrogen) atoms. The van der Waals surface area contributed by atoms with Gasteiger partial charge >= 0.3 is 0 Å². The average molecular weight is 171 g/mol. The first-order valence-corrected chi connectivity index (χ1v) is 3.88. The third-order valence-electron chi connectivity index (χ3n) is 1.77. The van der Waals surface area contributed by atoms with Crippen LogP contribution in [0.5, 0.6) is 0 Å².